The van der Waals surface area contributed by atoms with Crippen LogP contribution in [0.5, 0.6) is 5.75 Å². The monoisotopic (exact) mass is 568 g/mol. The third kappa shape index (κ3) is 7.22. The van der Waals surface area contributed by atoms with Crippen molar-refractivity contribution in [2.75, 3.05) is 13.7 Å². The molecule has 1 saturated carbocycles. The number of pyridine rings is 1. The van der Waals surface area contributed by atoms with Crippen LogP contribution in [0.4, 0.5) is 0 Å². The summed E-state index contributed by atoms with van der Waals surface area (Å²) < 4.78 is 7.07. The molecule has 2 aromatic heterocycles. The maximum absolute atomic E-state index is 13.1. The van der Waals surface area contributed by atoms with Crippen LogP contribution in [-0.4, -0.2) is 73.3 Å². The number of aromatic nitrogens is 4. The summed E-state index contributed by atoms with van der Waals surface area (Å²) in [4.78, 5) is 47.2. The first-order chi connectivity index (χ1) is 19.3. The smallest absolute Gasteiger partial charge is 0.303 e. The first-order valence-electron chi connectivity index (χ1n) is 13.2. The Hall–Kier alpha value is -3.83. The van der Waals surface area contributed by atoms with Gasteiger partial charge >= 0.3 is 5.97 Å². The molecule has 0 aliphatic heterocycles. The lowest BCUT2D eigenvalue weighted by Crippen LogP contribution is -2.52. The molecule has 3 aromatic rings. The van der Waals surface area contributed by atoms with Gasteiger partial charge in [0.25, 0.3) is 0 Å². The van der Waals surface area contributed by atoms with Gasteiger partial charge in [0.15, 0.2) is 11.6 Å². The van der Waals surface area contributed by atoms with Crippen LogP contribution >= 0.6 is 11.6 Å². The largest absolute Gasteiger partial charge is 0.495 e. The molecule has 1 aliphatic carbocycles. The Morgan fingerprint density at radius 1 is 1.18 bits per heavy atom. The maximum Gasteiger partial charge on any atom is 0.303 e. The number of methoxy groups -OCH3 is 1. The number of hydrogen-bond donors (Lipinski definition) is 2. The van der Waals surface area contributed by atoms with Crippen molar-refractivity contribution in [2.45, 2.75) is 64.1 Å². The van der Waals surface area contributed by atoms with Crippen LogP contribution in [0.15, 0.2) is 42.7 Å². The summed E-state index contributed by atoms with van der Waals surface area (Å²) in [5.74, 6) is -0.334. The number of carbonyl (C=O) groups is 3. The third-order valence-corrected chi connectivity index (χ3v) is 7.31. The Bertz CT molecular complexity index is 1340. The number of benzene rings is 1. The molecule has 1 atom stereocenters. The summed E-state index contributed by atoms with van der Waals surface area (Å²) in [6.07, 6.45) is 7.05. The molecule has 0 spiro atoms. The lowest BCUT2D eigenvalue weighted by molar-refractivity contribution is -0.138. The summed E-state index contributed by atoms with van der Waals surface area (Å²) >= 11 is 6.43. The second kappa shape index (κ2) is 13.5. The molecule has 11 nitrogen and oxygen atoms in total. The molecule has 0 saturated heterocycles. The predicted molar refractivity (Wildman–Crippen MR) is 149 cm³/mol. The summed E-state index contributed by atoms with van der Waals surface area (Å²) in [7, 11) is 1.55. The zero-order valence-electron chi connectivity index (χ0n) is 22.5. The molecular formula is C28H33ClN6O5. The minimum atomic E-state index is -0.996. The van der Waals surface area contributed by atoms with E-state index < -0.39 is 23.8 Å². The van der Waals surface area contributed by atoms with E-state index in [9.17, 15) is 19.5 Å². The highest BCUT2D eigenvalue weighted by molar-refractivity contribution is 6.32. The van der Waals surface area contributed by atoms with Gasteiger partial charge in [0, 0.05) is 49.5 Å². The van der Waals surface area contributed by atoms with Crippen LogP contribution in [0.3, 0.4) is 0 Å². The summed E-state index contributed by atoms with van der Waals surface area (Å²) in [5, 5.41) is 16.9. The molecule has 4 rings (SSSR count). The number of carboxylic acids is 1. The average molecular weight is 569 g/mol. The zero-order valence-corrected chi connectivity index (χ0v) is 23.3. The topological polar surface area (TPSA) is 140 Å². The van der Waals surface area contributed by atoms with Crippen LogP contribution in [0.1, 0.15) is 45.4 Å². The first-order valence-corrected chi connectivity index (χ1v) is 13.6. The number of nitrogens with zero attached hydrogens (tertiary/aromatic N) is 5. The predicted octanol–water partition coefficient (Wildman–Crippen LogP) is 3.81. The number of halogens is 1. The fourth-order valence-electron chi connectivity index (χ4n) is 5.14. The van der Waals surface area contributed by atoms with Crippen LogP contribution in [0, 0.1) is 0 Å². The highest BCUT2D eigenvalue weighted by atomic mass is 35.5. The van der Waals surface area contributed by atoms with E-state index in [1.54, 1.807) is 36.3 Å². The number of ether oxygens (including phenoxy) is 1. The van der Waals surface area contributed by atoms with Crippen molar-refractivity contribution in [3.8, 4) is 28.5 Å². The van der Waals surface area contributed by atoms with Gasteiger partial charge in [-0.15, -0.1) is 0 Å². The van der Waals surface area contributed by atoms with Crippen molar-refractivity contribution in [3.63, 3.8) is 0 Å². The molecule has 1 aliphatic rings. The lowest BCUT2D eigenvalue weighted by atomic mass is 10.0. The van der Waals surface area contributed by atoms with E-state index in [0.717, 1.165) is 36.8 Å². The van der Waals surface area contributed by atoms with Gasteiger partial charge in [0.05, 0.1) is 24.7 Å². The second-order valence-corrected chi connectivity index (χ2v) is 10.1. The molecule has 1 aromatic carbocycles. The summed E-state index contributed by atoms with van der Waals surface area (Å²) in [6.45, 7) is 2.04. The van der Waals surface area contributed by atoms with E-state index >= 15 is 0 Å². The van der Waals surface area contributed by atoms with Crippen molar-refractivity contribution in [1.29, 1.82) is 0 Å². The molecule has 40 heavy (non-hydrogen) atoms. The highest BCUT2D eigenvalue weighted by Crippen LogP contribution is 2.31. The molecule has 2 N–H and O–H groups in total. The Kier molecular flexibility index (Phi) is 9.84. The normalized spacial score (nSPS) is 14.3. The molecule has 2 amide bonds. The molecule has 1 fully saturated rings. The number of amides is 2. The number of rotatable bonds is 12. The quantitative estimate of drug-likeness (QED) is 0.334. The molecular weight excluding hydrogens is 536 g/mol. The van der Waals surface area contributed by atoms with E-state index in [-0.39, 0.29) is 18.9 Å². The van der Waals surface area contributed by atoms with E-state index in [4.69, 9.17) is 26.4 Å². The molecule has 12 heteroatoms. The fraction of sp³-hybridized carbons (Fsp3) is 0.429. The SMILES string of the molecule is COc1ccc(-c2nc(-c3ccncc3)nn2CCN(C2CCCC2)[C@@H](CCC(=O)O)C(=O)NC(C)=O)cc1Cl. The van der Waals surface area contributed by atoms with Gasteiger partial charge < -0.3 is 9.84 Å². The van der Waals surface area contributed by atoms with Gasteiger partial charge in [-0.1, -0.05) is 24.4 Å². The Morgan fingerprint density at radius 2 is 1.90 bits per heavy atom. The van der Waals surface area contributed by atoms with Gasteiger partial charge in [-0.2, -0.15) is 5.10 Å². The van der Waals surface area contributed by atoms with Crippen molar-refractivity contribution in [2.24, 2.45) is 0 Å². The lowest BCUT2D eigenvalue weighted by Gasteiger charge is -2.35. The van der Waals surface area contributed by atoms with Gasteiger partial charge in [-0.05, 0) is 49.6 Å². The maximum atomic E-state index is 13.1. The van der Waals surface area contributed by atoms with Crippen molar-refractivity contribution in [3.05, 3.63) is 47.7 Å². The van der Waals surface area contributed by atoms with Gasteiger partial charge in [-0.3, -0.25) is 29.6 Å². The molecule has 2 heterocycles. The Balaban J connectivity index is 1.69. The van der Waals surface area contributed by atoms with Crippen LogP contribution in [-0.2, 0) is 20.9 Å². The molecule has 212 valence electrons. The van der Waals surface area contributed by atoms with Gasteiger partial charge in [-0.25, -0.2) is 9.67 Å². The van der Waals surface area contributed by atoms with Crippen LogP contribution in [0.2, 0.25) is 5.02 Å². The third-order valence-electron chi connectivity index (χ3n) is 7.02. The summed E-state index contributed by atoms with van der Waals surface area (Å²) in [6, 6.07) is 8.34. The van der Waals surface area contributed by atoms with Crippen molar-refractivity contribution < 1.29 is 24.2 Å². The number of hydrogen-bond acceptors (Lipinski definition) is 8. The minimum Gasteiger partial charge on any atom is -0.495 e. The summed E-state index contributed by atoms with van der Waals surface area (Å²) in [5.41, 5.74) is 1.53. The van der Waals surface area contributed by atoms with E-state index in [2.05, 4.69) is 10.3 Å². The standard InChI is InChI=1S/C28H33ClN6O5/c1-18(36)31-28(39)23(8-10-25(37)38)34(21-5-3-4-6-21)15-16-35-27(20-7-9-24(40-2)22(29)17-20)32-26(33-35)19-11-13-30-14-12-19/h7,9,11-14,17,21,23H,3-6,8,10,15-16H2,1-2H3,(H,37,38)(H,31,36,39)/t23-/m0/s1. The fourth-order valence-corrected chi connectivity index (χ4v) is 5.40. The minimum absolute atomic E-state index is 0.0820. The average Bonchev–Trinajstić information content (AvgIpc) is 3.61. The number of aliphatic carboxylic acids is 1. The second-order valence-electron chi connectivity index (χ2n) is 9.74. The first kappa shape index (κ1) is 29.2. The van der Waals surface area contributed by atoms with Crippen LogP contribution < -0.4 is 10.1 Å². The molecule has 0 bridgehead atoms. The number of nitrogens with one attached hydrogen (secondary N) is 1. The van der Waals surface area contributed by atoms with Crippen LogP contribution in [0.25, 0.3) is 22.8 Å². The number of carbonyl (C=O) groups excluding carboxylic acids is 2. The zero-order chi connectivity index (χ0) is 28.6. The van der Waals surface area contributed by atoms with E-state index in [0.29, 0.717) is 35.5 Å². The van der Waals surface area contributed by atoms with Crippen molar-refractivity contribution >= 4 is 29.4 Å². The number of carboxylic acid groups (broad SMARTS) is 1. The van der Waals surface area contributed by atoms with E-state index in [1.807, 2.05) is 23.1 Å². The Morgan fingerprint density at radius 3 is 2.52 bits per heavy atom. The number of imide groups is 1. The van der Waals surface area contributed by atoms with E-state index in [1.165, 1.54) is 6.92 Å². The Labute approximate surface area is 237 Å². The van der Waals surface area contributed by atoms with Gasteiger partial charge in [0.2, 0.25) is 11.8 Å². The highest BCUT2D eigenvalue weighted by Gasteiger charge is 2.34. The van der Waals surface area contributed by atoms with Crippen molar-refractivity contribution in [1.82, 2.24) is 30.0 Å². The molecule has 0 radical (unpaired) electrons. The van der Waals surface area contributed by atoms with Gasteiger partial charge in [0.1, 0.15) is 5.75 Å². The molecule has 0 unspecified atom stereocenters.